The highest BCUT2D eigenvalue weighted by Crippen LogP contribution is 2.26. The van der Waals surface area contributed by atoms with Crippen molar-refractivity contribution in [3.8, 4) is 23.1 Å². The molecular formula is C22H19N5OS. The average molecular weight is 401 g/mol. The van der Waals surface area contributed by atoms with E-state index in [4.69, 9.17) is 5.73 Å². The quantitative estimate of drug-likeness (QED) is 0.498. The van der Waals surface area contributed by atoms with Gasteiger partial charge < -0.3 is 10.8 Å². The van der Waals surface area contributed by atoms with Crippen molar-refractivity contribution < 1.29 is 5.11 Å². The third kappa shape index (κ3) is 3.94. The van der Waals surface area contributed by atoms with Gasteiger partial charge in [0.15, 0.2) is 11.4 Å². The van der Waals surface area contributed by atoms with E-state index in [1.54, 1.807) is 20.0 Å². The van der Waals surface area contributed by atoms with Crippen molar-refractivity contribution in [2.45, 2.75) is 26.4 Å². The lowest BCUT2D eigenvalue weighted by atomic mass is 10.1. The molecule has 4 aromatic rings. The van der Waals surface area contributed by atoms with Crippen LogP contribution in [0.1, 0.15) is 28.2 Å². The second kappa shape index (κ2) is 7.24. The fourth-order valence-corrected chi connectivity index (χ4v) is 3.67. The van der Waals surface area contributed by atoms with Crippen LogP contribution in [0.2, 0.25) is 0 Å². The molecule has 0 amide bonds. The highest BCUT2D eigenvalue weighted by atomic mass is 32.1. The fraction of sp³-hybridized carbons (Fsp3) is 0.182. The first kappa shape index (κ1) is 19.0. The maximum Gasteiger partial charge on any atom is 0.174 e. The van der Waals surface area contributed by atoms with Crippen LogP contribution in [0, 0.1) is 25.7 Å². The summed E-state index contributed by atoms with van der Waals surface area (Å²) in [7, 11) is 0. The summed E-state index contributed by atoms with van der Waals surface area (Å²) in [6.07, 6.45) is 1.74. The van der Waals surface area contributed by atoms with E-state index >= 15 is 0 Å². The van der Waals surface area contributed by atoms with E-state index in [9.17, 15) is 5.11 Å². The molecule has 0 radical (unpaired) electrons. The third-order valence-electron chi connectivity index (χ3n) is 4.33. The van der Waals surface area contributed by atoms with Gasteiger partial charge in [-0.2, -0.15) is 0 Å². The summed E-state index contributed by atoms with van der Waals surface area (Å²) in [6, 6.07) is 11.5. The number of rotatable bonds is 2. The van der Waals surface area contributed by atoms with Gasteiger partial charge in [0.1, 0.15) is 16.3 Å². The summed E-state index contributed by atoms with van der Waals surface area (Å²) in [4.78, 5) is 18.5. The molecule has 3 aromatic heterocycles. The van der Waals surface area contributed by atoms with Crippen molar-refractivity contribution in [2.24, 2.45) is 0 Å². The monoisotopic (exact) mass is 401 g/mol. The molecule has 0 spiro atoms. The van der Waals surface area contributed by atoms with Crippen molar-refractivity contribution in [2.75, 3.05) is 5.73 Å². The van der Waals surface area contributed by atoms with Gasteiger partial charge in [-0.3, -0.25) is 0 Å². The van der Waals surface area contributed by atoms with Gasteiger partial charge in [0.2, 0.25) is 0 Å². The first-order valence-corrected chi connectivity index (χ1v) is 9.83. The van der Waals surface area contributed by atoms with Gasteiger partial charge in [-0.1, -0.05) is 24.0 Å². The predicted octanol–water partition coefficient (Wildman–Crippen LogP) is 3.61. The molecule has 1 atom stereocenters. The largest absolute Gasteiger partial charge is 0.382 e. The minimum absolute atomic E-state index is 0.361. The zero-order chi connectivity index (χ0) is 20.6. The molecule has 1 aromatic carbocycles. The smallest absolute Gasteiger partial charge is 0.174 e. The van der Waals surface area contributed by atoms with E-state index in [2.05, 4.69) is 31.8 Å². The van der Waals surface area contributed by atoms with E-state index in [-0.39, 0.29) is 0 Å². The van der Waals surface area contributed by atoms with Crippen LogP contribution in [0.3, 0.4) is 0 Å². The SMILES string of the molecule is Cc1nc(N)c2nc(-c3cccc(C#C[C@](C)(O)c4ncc(C)s4)c3)ccc2n1. The molecule has 0 fully saturated rings. The molecule has 0 aliphatic rings. The number of thiazole rings is 1. The van der Waals surface area contributed by atoms with Gasteiger partial charge in [-0.05, 0) is 45.0 Å². The van der Waals surface area contributed by atoms with Crippen LogP contribution in [0.15, 0.2) is 42.6 Å². The summed E-state index contributed by atoms with van der Waals surface area (Å²) < 4.78 is 0. The Balaban J connectivity index is 1.69. The second-order valence-corrected chi connectivity index (χ2v) is 8.13. The molecule has 144 valence electrons. The number of anilines is 1. The molecule has 4 rings (SSSR count). The van der Waals surface area contributed by atoms with Gasteiger partial charge in [0.05, 0.1) is 11.2 Å². The Morgan fingerprint density at radius 1 is 1.10 bits per heavy atom. The molecular weight excluding hydrogens is 382 g/mol. The van der Waals surface area contributed by atoms with Gasteiger partial charge in [0, 0.05) is 22.2 Å². The van der Waals surface area contributed by atoms with Crippen LogP contribution in [0.25, 0.3) is 22.3 Å². The maximum atomic E-state index is 10.7. The van der Waals surface area contributed by atoms with Gasteiger partial charge in [0.25, 0.3) is 0 Å². The third-order valence-corrected chi connectivity index (χ3v) is 5.45. The van der Waals surface area contributed by atoms with E-state index in [1.807, 2.05) is 43.3 Å². The number of pyridine rings is 1. The van der Waals surface area contributed by atoms with Crippen molar-refractivity contribution >= 4 is 28.2 Å². The normalized spacial score (nSPS) is 13.0. The summed E-state index contributed by atoms with van der Waals surface area (Å²) in [6.45, 7) is 5.40. The molecule has 3 N–H and O–H groups in total. The van der Waals surface area contributed by atoms with E-state index in [0.717, 1.165) is 21.7 Å². The van der Waals surface area contributed by atoms with Crippen LogP contribution >= 0.6 is 11.3 Å². The summed E-state index contributed by atoms with van der Waals surface area (Å²) in [5.74, 6) is 6.95. The van der Waals surface area contributed by atoms with Crippen LogP contribution in [0.4, 0.5) is 5.82 Å². The lowest BCUT2D eigenvalue weighted by molar-refractivity contribution is 0.122. The number of nitrogens with zero attached hydrogens (tertiary/aromatic N) is 4. The van der Waals surface area contributed by atoms with Crippen molar-refractivity contribution in [3.05, 3.63) is 63.9 Å². The Kier molecular flexibility index (Phi) is 4.74. The van der Waals surface area contributed by atoms with E-state index in [1.165, 1.54) is 11.3 Å². The zero-order valence-electron chi connectivity index (χ0n) is 16.3. The van der Waals surface area contributed by atoms with Crippen LogP contribution in [-0.2, 0) is 5.60 Å². The molecule has 0 unspecified atom stereocenters. The Morgan fingerprint density at radius 2 is 1.93 bits per heavy atom. The molecule has 29 heavy (non-hydrogen) atoms. The Labute approximate surface area is 172 Å². The maximum absolute atomic E-state index is 10.7. The Bertz CT molecular complexity index is 1280. The lowest BCUT2D eigenvalue weighted by Gasteiger charge is -2.12. The number of aliphatic hydroxyl groups is 1. The molecule has 0 aliphatic heterocycles. The number of aryl methyl sites for hydroxylation is 2. The highest BCUT2D eigenvalue weighted by molar-refractivity contribution is 7.11. The number of aromatic nitrogens is 4. The van der Waals surface area contributed by atoms with Crippen molar-refractivity contribution in [3.63, 3.8) is 0 Å². The first-order chi connectivity index (χ1) is 13.8. The molecule has 7 heteroatoms. The Hall–Kier alpha value is -3.34. The minimum atomic E-state index is -1.31. The number of hydrogen-bond acceptors (Lipinski definition) is 7. The van der Waals surface area contributed by atoms with E-state index in [0.29, 0.717) is 27.7 Å². The molecule has 6 nitrogen and oxygen atoms in total. The lowest BCUT2D eigenvalue weighted by Crippen LogP contribution is -2.17. The fourth-order valence-electron chi connectivity index (χ4n) is 2.90. The van der Waals surface area contributed by atoms with Crippen LogP contribution in [-0.4, -0.2) is 25.0 Å². The van der Waals surface area contributed by atoms with E-state index < -0.39 is 5.60 Å². The molecule has 0 saturated heterocycles. The van der Waals surface area contributed by atoms with Crippen LogP contribution in [0.5, 0.6) is 0 Å². The van der Waals surface area contributed by atoms with Gasteiger partial charge in [-0.25, -0.2) is 19.9 Å². The highest BCUT2D eigenvalue weighted by Gasteiger charge is 2.23. The standard InChI is InChI=1S/C22H19N5OS/c1-13-12-24-21(29-13)22(3,28)10-9-15-5-4-6-16(11-15)17-7-8-18-19(27-17)20(23)26-14(2)25-18/h4-8,11-12,28H,1-3H3,(H2,23,25,26)/t22-/m0/s1. The van der Waals surface area contributed by atoms with Gasteiger partial charge in [-0.15, -0.1) is 11.3 Å². The first-order valence-electron chi connectivity index (χ1n) is 9.01. The predicted molar refractivity (Wildman–Crippen MR) is 115 cm³/mol. The minimum Gasteiger partial charge on any atom is -0.382 e. The van der Waals surface area contributed by atoms with Gasteiger partial charge >= 0.3 is 0 Å². The van der Waals surface area contributed by atoms with Crippen LogP contribution < -0.4 is 5.73 Å². The topological polar surface area (TPSA) is 97.8 Å². The number of hydrogen-bond donors (Lipinski definition) is 2. The van der Waals surface area contributed by atoms with Crippen molar-refractivity contribution in [1.29, 1.82) is 0 Å². The number of nitrogens with two attached hydrogens (primary N) is 1. The summed E-state index contributed by atoms with van der Waals surface area (Å²) in [5, 5.41) is 11.2. The summed E-state index contributed by atoms with van der Waals surface area (Å²) in [5.41, 5.74) is 8.41. The Morgan fingerprint density at radius 3 is 2.69 bits per heavy atom. The second-order valence-electron chi connectivity index (χ2n) is 6.90. The molecule has 3 heterocycles. The average Bonchev–Trinajstić information content (AvgIpc) is 3.14. The zero-order valence-corrected chi connectivity index (χ0v) is 17.1. The molecule has 0 bridgehead atoms. The molecule has 0 saturated carbocycles. The number of nitrogen functional groups attached to an aromatic ring is 1. The van der Waals surface area contributed by atoms with Crippen molar-refractivity contribution in [1.82, 2.24) is 19.9 Å². The summed E-state index contributed by atoms with van der Waals surface area (Å²) >= 11 is 1.44. The molecule has 0 aliphatic carbocycles. The number of benzene rings is 1. The number of fused-ring (bicyclic) bond motifs is 1.